The zero-order valence-corrected chi connectivity index (χ0v) is 28.6. The van der Waals surface area contributed by atoms with Crippen LogP contribution in [0.2, 0.25) is 0 Å². The summed E-state index contributed by atoms with van der Waals surface area (Å²) in [4.78, 5) is 12.6. The third-order valence-corrected chi connectivity index (χ3v) is 11.9. The first kappa shape index (κ1) is 34.8. The van der Waals surface area contributed by atoms with Gasteiger partial charge in [-0.1, -0.05) is 30.3 Å². The molecule has 0 unspecified atom stereocenters. The van der Waals surface area contributed by atoms with E-state index in [9.17, 15) is 17.8 Å². The van der Waals surface area contributed by atoms with Crippen LogP contribution in [-0.4, -0.2) is 45.4 Å². The van der Waals surface area contributed by atoms with Crippen LogP contribution in [0, 0.1) is 12.3 Å². The van der Waals surface area contributed by atoms with Gasteiger partial charge in [0.1, 0.15) is 11.4 Å². The fraction of sp³-hybridized carbons (Fsp3) is 0.333. The zero-order chi connectivity index (χ0) is 32.0. The molecule has 43 heavy (non-hydrogen) atoms. The van der Waals surface area contributed by atoms with Crippen LogP contribution < -0.4 is 5.32 Å². The number of carbonyl (C=O) groups is 1. The quantitative estimate of drug-likeness (QED) is 0.0905. The van der Waals surface area contributed by atoms with E-state index in [1.807, 2.05) is 31.2 Å². The molecule has 0 bridgehead atoms. The third kappa shape index (κ3) is 8.90. The van der Waals surface area contributed by atoms with Gasteiger partial charge in [0.2, 0.25) is 9.84 Å². The van der Waals surface area contributed by atoms with Crippen LogP contribution >= 0.6 is 30.7 Å². The highest BCUT2D eigenvalue weighted by Gasteiger charge is 2.27. The number of amides is 1. The summed E-state index contributed by atoms with van der Waals surface area (Å²) in [6.07, 6.45) is 2.64. The summed E-state index contributed by atoms with van der Waals surface area (Å²) in [7, 11) is -7.46. The Morgan fingerprint density at radius 2 is 1.74 bits per heavy atom. The number of aryl methyl sites for hydroxylation is 1. The van der Waals surface area contributed by atoms with Crippen molar-refractivity contribution in [3.63, 3.8) is 0 Å². The molecule has 9 nitrogen and oxygen atoms in total. The average Bonchev–Trinajstić information content (AvgIpc) is 3.37. The lowest BCUT2D eigenvalue weighted by molar-refractivity contribution is 0.0563. The van der Waals surface area contributed by atoms with Gasteiger partial charge in [-0.05, 0) is 94.3 Å². The molecule has 1 amide bonds. The van der Waals surface area contributed by atoms with Gasteiger partial charge < -0.3 is 13.8 Å². The number of thiophene rings is 1. The highest BCUT2D eigenvalue weighted by molar-refractivity contribution is 8.01. The van der Waals surface area contributed by atoms with Crippen LogP contribution in [0.3, 0.4) is 0 Å². The molecule has 232 valence electrons. The first-order chi connectivity index (χ1) is 20.1. The lowest BCUT2D eigenvalue weighted by Crippen LogP contribution is -2.36. The zero-order valence-electron chi connectivity index (χ0n) is 25.2. The molecule has 0 saturated carbocycles. The number of benzene rings is 2. The van der Waals surface area contributed by atoms with Gasteiger partial charge in [0.05, 0.1) is 32.1 Å². The topological polar surface area (TPSA) is 132 Å². The van der Waals surface area contributed by atoms with Crippen molar-refractivity contribution < 1.29 is 31.6 Å². The van der Waals surface area contributed by atoms with Crippen molar-refractivity contribution in [3.8, 4) is 11.1 Å². The molecule has 3 aromatic rings. The third-order valence-electron chi connectivity index (χ3n) is 5.81. The van der Waals surface area contributed by atoms with Gasteiger partial charge in [-0.3, -0.25) is 15.3 Å². The highest BCUT2D eigenvalue weighted by atomic mass is 32.2. The highest BCUT2D eigenvalue weighted by Crippen LogP contribution is 2.50. The molecule has 0 fully saturated rings. The summed E-state index contributed by atoms with van der Waals surface area (Å²) in [5.41, 5.74) is 2.29. The number of hydrogen-bond donors (Lipinski definition) is 2. The Morgan fingerprint density at radius 1 is 1.09 bits per heavy atom. The lowest BCUT2D eigenvalue weighted by Gasteiger charge is -2.19. The van der Waals surface area contributed by atoms with Crippen molar-refractivity contribution in [3.05, 3.63) is 70.4 Å². The lowest BCUT2D eigenvalue weighted by atomic mass is 9.95. The Morgan fingerprint density at radius 3 is 2.35 bits per heavy atom. The van der Waals surface area contributed by atoms with Crippen LogP contribution in [0.1, 0.15) is 50.6 Å². The summed E-state index contributed by atoms with van der Waals surface area (Å²) in [5.74, 6) is 1.18. The van der Waals surface area contributed by atoms with E-state index in [4.69, 9.17) is 19.2 Å². The first-order valence-corrected chi connectivity index (χ1v) is 18.6. The smallest absolute Gasteiger partial charge is 0.413 e. The maximum absolute atomic E-state index is 13.9. The van der Waals surface area contributed by atoms with Crippen molar-refractivity contribution in [2.24, 2.45) is 0 Å². The molecule has 0 atom stereocenters. The number of thioether (sulfide) groups is 1. The number of alkyl carbamates (subject to hydrolysis) is 1. The van der Waals surface area contributed by atoms with E-state index in [0.717, 1.165) is 28.0 Å². The molecule has 2 aromatic carbocycles. The molecule has 2 N–H and O–H groups in total. The minimum atomic E-state index is -4.01. The minimum absolute atomic E-state index is 0.0483. The predicted molar refractivity (Wildman–Crippen MR) is 174 cm³/mol. The molecular formula is C30H37N2O7PS3. The Balaban J connectivity index is 2.02. The molecular weight excluding hydrogens is 628 g/mol. The second-order valence-corrected chi connectivity index (χ2v) is 16.2. The largest absolute Gasteiger partial charge is 0.444 e. The van der Waals surface area contributed by atoms with Crippen molar-refractivity contribution in [1.82, 2.24) is 5.32 Å². The van der Waals surface area contributed by atoms with Crippen molar-refractivity contribution in [2.45, 2.75) is 61.1 Å². The molecule has 0 spiro atoms. The number of sulfone groups is 1. The minimum Gasteiger partial charge on any atom is -0.444 e. The normalized spacial score (nSPS) is 12.4. The van der Waals surface area contributed by atoms with Gasteiger partial charge in [-0.15, -0.1) is 23.1 Å². The molecule has 0 aliphatic carbocycles. The molecule has 3 rings (SSSR count). The van der Waals surface area contributed by atoms with Crippen molar-refractivity contribution in [1.29, 1.82) is 5.41 Å². The van der Waals surface area contributed by atoms with Gasteiger partial charge in [0.15, 0.2) is 0 Å². The fourth-order valence-electron chi connectivity index (χ4n) is 4.10. The molecule has 0 saturated heterocycles. The number of amidine groups is 1. The number of ether oxygens (including phenoxy) is 1. The summed E-state index contributed by atoms with van der Waals surface area (Å²) in [6, 6.07) is 13.6. The van der Waals surface area contributed by atoms with Crippen molar-refractivity contribution in [2.75, 3.05) is 19.5 Å². The molecule has 13 heteroatoms. The number of carbonyl (C=O) groups excluding carboxylic acids is 1. The molecule has 0 aliphatic heterocycles. The second kappa shape index (κ2) is 14.4. The fourth-order valence-corrected chi connectivity index (χ4v) is 9.36. The summed E-state index contributed by atoms with van der Waals surface area (Å²) >= 11 is 2.35. The SMILES string of the molecule is CCOP(=O)(/C=C\c1cccc(C)c1-c1cccc(S(=O)(=O)c2cc(C(=N)NC(=O)OC(C)(C)C)sc2SC)c1)OCC. The van der Waals surface area contributed by atoms with Crippen LogP contribution in [0.25, 0.3) is 17.2 Å². The summed E-state index contributed by atoms with van der Waals surface area (Å²) < 4.78 is 57.4. The van der Waals surface area contributed by atoms with Gasteiger partial charge in [0.25, 0.3) is 0 Å². The van der Waals surface area contributed by atoms with Gasteiger partial charge in [-0.2, -0.15) is 0 Å². The van der Waals surface area contributed by atoms with Gasteiger partial charge in [-0.25, -0.2) is 13.2 Å². The van der Waals surface area contributed by atoms with E-state index in [2.05, 4.69) is 5.32 Å². The molecule has 0 aliphatic rings. The van der Waals surface area contributed by atoms with E-state index in [0.29, 0.717) is 9.77 Å². The Kier molecular flexibility index (Phi) is 11.6. The van der Waals surface area contributed by atoms with Crippen LogP contribution in [0.4, 0.5) is 4.79 Å². The van der Waals surface area contributed by atoms with Crippen LogP contribution in [-0.2, 0) is 28.2 Å². The predicted octanol–water partition coefficient (Wildman–Crippen LogP) is 8.37. The van der Waals surface area contributed by atoms with Crippen LogP contribution in [0.15, 0.2) is 68.3 Å². The van der Waals surface area contributed by atoms with E-state index in [1.165, 1.54) is 29.7 Å². The van der Waals surface area contributed by atoms with E-state index >= 15 is 0 Å². The number of rotatable bonds is 11. The maximum atomic E-state index is 13.9. The maximum Gasteiger partial charge on any atom is 0.413 e. The Hall–Kier alpha value is -2.73. The Bertz CT molecular complexity index is 1660. The molecule has 1 heterocycles. The standard InChI is InChI=1S/C30H37N2O7PS3/c1-8-37-40(34,38-9-2)17-16-21-13-10-12-20(3)26(21)22-14-11-15-23(18-22)43(35,36)25-19-24(42-28(25)41-7)27(31)32-29(33)39-30(4,5)6/h10-19H,8-9H2,1-7H3,(H2,31,32,33)/b17-16-. The van der Waals surface area contributed by atoms with E-state index in [-0.39, 0.29) is 33.7 Å². The molecule has 0 radical (unpaired) electrons. The van der Waals surface area contributed by atoms with Gasteiger partial charge in [0, 0.05) is 5.82 Å². The monoisotopic (exact) mass is 664 g/mol. The van der Waals surface area contributed by atoms with Gasteiger partial charge >= 0.3 is 13.7 Å². The van der Waals surface area contributed by atoms with Crippen molar-refractivity contribution >= 4 is 58.5 Å². The summed E-state index contributed by atoms with van der Waals surface area (Å²) in [5, 5.41) is 10.7. The summed E-state index contributed by atoms with van der Waals surface area (Å²) in [6.45, 7) is 11.0. The van der Waals surface area contributed by atoms with E-state index in [1.54, 1.807) is 59.1 Å². The first-order valence-electron chi connectivity index (χ1n) is 13.4. The Labute approximate surface area is 262 Å². The average molecular weight is 665 g/mol. The number of nitrogens with one attached hydrogen (secondary N) is 2. The van der Waals surface area contributed by atoms with E-state index < -0.39 is 29.1 Å². The van der Waals surface area contributed by atoms with Crippen LogP contribution in [0.5, 0.6) is 0 Å². The second-order valence-electron chi connectivity index (χ2n) is 10.2. The molecule has 1 aromatic heterocycles. The number of hydrogen-bond acceptors (Lipinski definition) is 10.